The largest absolute Gasteiger partial charge is 0.453 e. The molecule has 1 aliphatic rings. The highest BCUT2D eigenvalue weighted by Gasteiger charge is 2.36. The fourth-order valence-electron chi connectivity index (χ4n) is 2.17. The lowest BCUT2D eigenvalue weighted by atomic mass is 9.88. The van der Waals surface area contributed by atoms with Crippen LogP contribution in [-0.2, 0) is 0 Å². The lowest BCUT2D eigenvalue weighted by molar-refractivity contribution is 0.369. The minimum Gasteiger partial charge on any atom is -0.453 e. The molecule has 3 N–H and O–H groups in total. The number of H-pyrrole nitrogens is 1. The minimum atomic E-state index is -0.404. The summed E-state index contributed by atoms with van der Waals surface area (Å²) in [4.78, 5) is 0. The standard InChI is InChI=1S/C12H9BrN4O2/c1-5-9-10(7-2-3-8(13)18-7)6(4-14)11(15)19-12(9)17-16-5/h2-3,10H,15H2,1H3,(H,16,17)/t10-/m0/s1. The van der Waals surface area contributed by atoms with Crippen LogP contribution in [-0.4, -0.2) is 10.2 Å². The van der Waals surface area contributed by atoms with Gasteiger partial charge < -0.3 is 14.9 Å². The zero-order chi connectivity index (χ0) is 13.6. The summed E-state index contributed by atoms with van der Waals surface area (Å²) in [5.41, 5.74) is 7.68. The number of hydrogen-bond acceptors (Lipinski definition) is 5. The zero-order valence-electron chi connectivity index (χ0n) is 9.90. The van der Waals surface area contributed by atoms with Crippen molar-refractivity contribution in [2.75, 3.05) is 0 Å². The maximum Gasteiger partial charge on any atom is 0.244 e. The van der Waals surface area contributed by atoms with Gasteiger partial charge in [-0.15, -0.1) is 5.10 Å². The van der Waals surface area contributed by atoms with Crippen molar-refractivity contribution in [1.82, 2.24) is 10.2 Å². The normalized spacial score (nSPS) is 17.8. The van der Waals surface area contributed by atoms with E-state index in [4.69, 9.17) is 14.9 Å². The van der Waals surface area contributed by atoms with Crippen molar-refractivity contribution < 1.29 is 9.15 Å². The molecule has 0 fully saturated rings. The van der Waals surface area contributed by atoms with Crippen LogP contribution in [0.3, 0.4) is 0 Å². The highest BCUT2D eigenvalue weighted by atomic mass is 79.9. The molecule has 0 spiro atoms. The summed E-state index contributed by atoms with van der Waals surface area (Å²) in [5, 5.41) is 16.2. The molecule has 0 saturated heterocycles. The number of rotatable bonds is 1. The summed E-state index contributed by atoms with van der Waals surface area (Å²) < 4.78 is 11.5. The molecule has 0 amide bonds. The Morgan fingerprint density at radius 1 is 1.53 bits per heavy atom. The number of nitriles is 1. The number of aryl methyl sites for hydroxylation is 1. The summed E-state index contributed by atoms with van der Waals surface area (Å²) in [6.45, 7) is 1.86. The number of fused-ring (bicyclic) bond motifs is 1. The van der Waals surface area contributed by atoms with Gasteiger partial charge >= 0.3 is 0 Å². The fourth-order valence-corrected chi connectivity index (χ4v) is 2.49. The van der Waals surface area contributed by atoms with Crippen molar-refractivity contribution in [1.29, 1.82) is 5.26 Å². The molecule has 96 valence electrons. The maximum atomic E-state index is 9.30. The van der Waals surface area contributed by atoms with Crippen molar-refractivity contribution in [2.24, 2.45) is 5.73 Å². The van der Waals surface area contributed by atoms with Crippen LogP contribution in [0.2, 0.25) is 0 Å². The molecule has 0 aliphatic carbocycles. The molecule has 0 bridgehead atoms. The average Bonchev–Trinajstić information content (AvgIpc) is 2.95. The van der Waals surface area contributed by atoms with Gasteiger partial charge in [-0.3, -0.25) is 5.10 Å². The van der Waals surface area contributed by atoms with Gasteiger partial charge in [0, 0.05) is 5.69 Å². The molecule has 0 unspecified atom stereocenters. The Balaban J connectivity index is 2.24. The van der Waals surface area contributed by atoms with Gasteiger partial charge in [-0.25, -0.2) is 0 Å². The van der Waals surface area contributed by atoms with E-state index < -0.39 is 5.92 Å². The average molecular weight is 321 g/mol. The number of furan rings is 1. The predicted octanol–water partition coefficient (Wildman–Crippen LogP) is 2.29. The van der Waals surface area contributed by atoms with E-state index >= 15 is 0 Å². The Kier molecular flexibility index (Phi) is 2.61. The molecule has 2 aromatic rings. The van der Waals surface area contributed by atoms with Crippen molar-refractivity contribution in [2.45, 2.75) is 12.8 Å². The van der Waals surface area contributed by atoms with E-state index in [0.29, 0.717) is 21.9 Å². The van der Waals surface area contributed by atoms with Crippen LogP contribution in [0.4, 0.5) is 0 Å². The van der Waals surface area contributed by atoms with Crippen LogP contribution >= 0.6 is 15.9 Å². The van der Waals surface area contributed by atoms with Gasteiger partial charge in [0.15, 0.2) is 4.67 Å². The number of nitrogens with zero attached hydrogens (tertiary/aromatic N) is 2. The maximum absolute atomic E-state index is 9.30. The molecular weight excluding hydrogens is 312 g/mol. The molecule has 19 heavy (non-hydrogen) atoms. The first-order chi connectivity index (χ1) is 9.11. The lowest BCUT2D eigenvalue weighted by Gasteiger charge is -2.21. The first kappa shape index (κ1) is 11.9. The smallest absolute Gasteiger partial charge is 0.244 e. The third-order valence-corrected chi connectivity index (χ3v) is 3.43. The highest BCUT2D eigenvalue weighted by molar-refractivity contribution is 9.10. The quantitative estimate of drug-likeness (QED) is 0.839. The Labute approximate surface area is 117 Å². The van der Waals surface area contributed by atoms with Crippen molar-refractivity contribution in [3.05, 3.63) is 45.3 Å². The highest BCUT2D eigenvalue weighted by Crippen LogP contribution is 2.43. The second kappa shape index (κ2) is 4.17. The van der Waals surface area contributed by atoms with Gasteiger partial charge in [0.2, 0.25) is 11.8 Å². The zero-order valence-corrected chi connectivity index (χ0v) is 11.5. The van der Waals surface area contributed by atoms with Crippen LogP contribution in [0.5, 0.6) is 5.88 Å². The summed E-state index contributed by atoms with van der Waals surface area (Å²) >= 11 is 3.25. The second-order valence-corrected chi connectivity index (χ2v) is 4.92. The van der Waals surface area contributed by atoms with Crippen LogP contribution in [0.15, 0.2) is 32.7 Å². The number of nitrogens with one attached hydrogen (secondary N) is 1. The van der Waals surface area contributed by atoms with Gasteiger partial charge in [-0.1, -0.05) is 0 Å². The molecule has 2 aromatic heterocycles. The monoisotopic (exact) mass is 320 g/mol. The molecular formula is C12H9BrN4O2. The Morgan fingerprint density at radius 3 is 2.95 bits per heavy atom. The van der Waals surface area contributed by atoms with E-state index in [9.17, 15) is 5.26 Å². The summed E-state index contributed by atoms with van der Waals surface area (Å²) in [7, 11) is 0. The van der Waals surface area contributed by atoms with Crippen molar-refractivity contribution in [3.63, 3.8) is 0 Å². The molecule has 0 radical (unpaired) electrons. The first-order valence-corrected chi connectivity index (χ1v) is 6.28. The Morgan fingerprint density at radius 2 is 2.32 bits per heavy atom. The van der Waals surface area contributed by atoms with Crippen molar-refractivity contribution >= 4 is 15.9 Å². The molecule has 1 atom stereocenters. The van der Waals surface area contributed by atoms with Crippen LogP contribution < -0.4 is 10.5 Å². The second-order valence-electron chi connectivity index (χ2n) is 4.13. The third kappa shape index (κ3) is 1.72. The van der Waals surface area contributed by atoms with Gasteiger partial charge in [0.1, 0.15) is 17.4 Å². The van der Waals surface area contributed by atoms with E-state index in [0.717, 1.165) is 11.3 Å². The van der Waals surface area contributed by atoms with E-state index in [1.54, 1.807) is 12.1 Å². The number of aromatic nitrogens is 2. The Bertz CT molecular complexity index is 722. The van der Waals surface area contributed by atoms with Gasteiger partial charge in [-0.2, -0.15) is 5.26 Å². The number of halogens is 1. The number of aromatic amines is 1. The number of ether oxygens (including phenoxy) is 1. The van der Waals surface area contributed by atoms with E-state index in [-0.39, 0.29) is 5.88 Å². The van der Waals surface area contributed by atoms with Gasteiger partial charge in [0.25, 0.3) is 0 Å². The number of hydrogen-bond donors (Lipinski definition) is 2. The topological polar surface area (TPSA) is 101 Å². The van der Waals surface area contributed by atoms with E-state index in [1.807, 2.05) is 6.92 Å². The molecule has 0 aromatic carbocycles. The molecule has 1 aliphatic heterocycles. The van der Waals surface area contributed by atoms with Crippen LogP contribution in [0.25, 0.3) is 0 Å². The SMILES string of the molecule is Cc1[nH]nc2c1[C@H](c1ccc(Br)o1)C(C#N)=C(N)O2. The first-order valence-electron chi connectivity index (χ1n) is 5.49. The lowest BCUT2D eigenvalue weighted by Crippen LogP contribution is -2.20. The molecule has 3 heterocycles. The molecule has 7 heteroatoms. The summed E-state index contributed by atoms with van der Waals surface area (Å²) in [6.07, 6.45) is 0. The summed E-state index contributed by atoms with van der Waals surface area (Å²) in [5.74, 6) is 0.643. The van der Waals surface area contributed by atoms with Crippen molar-refractivity contribution in [3.8, 4) is 11.9 Å². The fraction of sp³-hybridized carbons (Fsp3) is 0.167. The van der Waals surface area contributed by atoms with Gasteiger partial charge in [-0.05, 0) is 35.0 Å². The minimum absolute atomic E-state index is 0.0547. The summed E-state index contributed by atoms with van der Waals surface area (Å²) in [6, 6.07) is 5.64. The molecule has 0 saturated carbocycles. The van der Waals surface area contributed by atoms with Crippen LogP contribution in [0, 0.1) is 18.3 Å². The van der Waals surface area contributed by atoms with E-state index in [1.165, 1.54) is 0 Å². The number of allylic oxidation sites excluding steroid dienone is 1. The van der Waals surface area contributed by atoms with Gasteiger partial charge in [0.05, 0.1) is 11.5 Å². The molecule has 6 nitrogen and oxygen atoms in total. The van der Waals surface area contributed by atoms with Crippen LogP contribution in [0.1, 0.15) is 22.9 Å². The molecule has 3 rings (SSSR count). The van der Waals surface area contributed by atoms with E-state index in [2.05, 4.69) is 32.2 Å². The third-order valence-electron chi connectivity index (χ3n) is 3.01. The number of nitrogens with two attached hydrogens (primary N) is 1. The Hall–Kier alpha value is -2.20. The predicted molar refractivity (Wildman–Crippen MR) is 69.0 cm³/mol.